The fraction of sp³-hybridized carbons (Fsp3) is 0.657. The van der Waals surface area contributed by atoms with Gasteiger partial charge >= 0.3 is 6.18 Å². The molecular weight excluding hydrogens is 1290 g/mol. The summed E-state index contributed by atoms with van der Waals surface area (Å²) < 4.78 is 41.1. The first-order valence-electron chi connectivity index (χ1n) is 34.0. The lowest BCUT2D eigenvalue weighted by Crippen LogP contribution is -2.64. The number of halogens is 4. The molecule has 2 aromatic carbocycles. The van der Waals surface area contributed by atoms with E-state index in [0.717, 1.165) is 36.6 Å². The maximum absolute atomic E-state index is 15.4. The molecule has 98 heavy (non-hydrogen) atoms. The summed E-state index contributed by atoms with van der Waals surface area (Å²) in [5, 5.41) is 11.8. The van der Waals surface area contributed by atoms with Crippen LogP contribution in [0.1, 0.15) is 143 Å². The Bertz CT molecular complexity index is 3160. The summed E-state index contributed by atoms with van der Waals surface area (Å²) in [5.41, 5.74) is -1.60. The molecule has 544 valence electrons. The monoisotopic (exact) mass is 1400 g/mol. The summed E-state index contributed by atoms with van der Waals surface area (Å²) in [7, 11) is 9.51. The number of carbonyl (C=O) groups is 12. The van der Waals surface area contributed by atoms with Crippen LogP contribution in [0.2, 0.25) is 5.02 Å². The zero-order valence-corrected chi connectivity index (χ0v) is 60.4. The largest absolute Gasteiger partial charge is 0.416 e. The fourth-order valence-electron chi connectivity index (χ4n) is 13.0. The quantitative estimate of drug-likeness (QED) is 0.208. The third-order valence-electron chi connectivity index (χ3n) is 19.2. The van der Waals surface area contributed by atoms with Crippen molar-refractivity contribution in [2.75, 3.05) is 82.1 Å². The molecule has 28 heteroatoms. The summed E-state index contributed by atoms with van der Waals surface area (Å²) in [4.78, 5) is 186. The standard InChI is InChI=1S/C70H104ClF3N12O12/c1-16-45(8)59-67(97)81(11)40-57(89)79(9)41-58(90)82(12)54(37-47-23-28-49(71)29-24-47)66(96)80(10)39-55(87)75-50(30-25-46-21-26-48(27-22-46)70(72,73)74)64(94)83(13)53(36-43(4)5)62(92)78-69(31-17-18-32-69)68(98)84(14)52(35-42(2)3)61(91)76-51(65(95)86-33-19-20-34-86)38-56(88)85(15)60(44(6)7)63(93)77-59/h21-24,26-29,42-45,50-54,59-60H,16-20,25,30-41H2,1-15H3,(H,75,87)(H,76,91)(H,77,93)(H,78,92)/t45-,50-,51-,52-,53+,54-,59-,60-/m0/s1. The molecule has 5 rings (SSSR count). The van der Waals surface area contributed by atoms with Crippen molar-refractivity contribution in [2.24, 2.45) is 23.7 Å². The lowest BCUT2D eigenvalue weighted by molar-refractivity contribution is -0.150. The number of rotatable bonds is 13. The van der Waals surface area contributed by atoms with Crippen molar-refractivity contribution in [3.63, 3.8) is 0 Å². The third kappa shape index (κ3) is 21.6. The van der Waals surface area contributed by atoms with Crippen LogP contribution in [0.3, 0.4) is 0 Å². The highest BCUT2D eigenvalue weighted by Gasteiger charge is 2.49. The van der Waals surface area contributed by atoms with Crippen LogP contribution >= 0.6 is 11.6 Å². The molecule has 0 bridgehead atoms. The molecule has 0 radical (unpaired) electrons. The molecule has 8 atom stereocenters. The smallest absolute Gasteiger partial charge is 0.343 e. The third-order valence-corrected chi connectivity index (χ3v) is 19.4. The number of amides is 12. The van der Waals surface area contributed by atoms with Crippen LogP contribution in [0.25, 0.3) is 0 Å². The van der Waals surface area contributed by atoms with Crippen molar-refractivity contribution in [1.82, 2.24) is 60.5 Å². The molecule has 1 spiro atoms. The van der Waals surface area contributed by atoms with Gasteiger partial charge in [0, 0.05) is 73.9 Å². The van der Waals surface area contributed by atoms with Gasteiger partial charge in [-0.05, 0) is 110 Å². The molecule has 0 aromatic heterocycles. The molecule has 4 N–H and O–H groups in total. The molecule has 2 aromatic rings. The normalized spacial score (nSPS) is 24.3. The van der Waals surface area contributed by atoms with E-state index >= 15 is 19.2 Å². The molecule has 1 aliphatic carbocycles. The predicted molar refractivity (Wildman–Crippen MR) is 363 cm³/mol. The number of carbonyl (C=O) groups excluding carboxylic acids is 12. The van der Waals surface area contributed by atoms with Crippen molar-refractivity contribution in [2.45, 2.75) is 193 Å². The summed E-state index contributed by atoms with van der Waals surface area (Å²) in [6.07, 6.45) is -2.57. The number of benzene rings is 2. The highest BCUT2D eigenvalue weighted by atomic mass is 35.5. The van der Waals surface area contributed by atoms with Crippen LogP contribution < -0.4 is 21.3 Å². The number of hydrogen-bond donors (Lipinski definition) is 4. The van der Waals surface area contributed by atoms with E-state index in [0.29, 0.717) is 61.3 Å². The summed E-state index contributed by atoms with van der Waals surface area (Å²) in [6, 6.07) is 1.41. The van der Waals surface area contributed by atoms with Gasteiger partial charge in [0.25, 0.3) is 0 Å². The van der Waals surface area contributed by atoms with Crippen LogP contribution in [-0.2, 0) is 76.6 Å². The topological polar surface area (TPSA) is 279 Å². The molecule has 2 heterocycles. The average molecular weight is 1400 g/mol. The van der Waals surface area contributed by atoms with Gasteiger partial charge in [0.1, 0.15) is 47.8 Å². The van der Waals surface area contributed by atoms with Crippen LogP contribution in [0.5, 0.6) is 0 Å². The van der Waals surface area contributed by atoms with Crippen LogP contribution in [0.4, 0.5) is 13.2 Å². The first-order valence-corrected chi connectivity index (χ1v) is 34.4. The zero-order valence-electron chi connectivity index (χ0n) is 59.7. The van der Waals surface area contributed by atoms with E-state index in [4.69, 9.17) is 11.6 Å². The van der Waals surface area contributed by atoms with Gasteiger partial charge < -0.3 is 60.5 Å². The molecule has 0 unspecified atom stereocenters. The second-order valence-corrected chi connectivity index (χ2v) is 28.6. The Labute approximate surface area is 580 Å². The van der Waals surface area contributed by atoms with E-state index in [1.807, 2.05) is 27.7 Å². The number of likely N-dealkylation sites (tertiary alicyclic amines) is 1. The first-order chi connectivity index (χ1) is 45.8. The molecule has 2 aliphatic heterocycles. The Morgan fingerprint density at radius 2 is 1.12 bits per heavy atom. The molecular formula is C70H104ClF3N12O12. The lowest BCUT2D eigenvalue weighted by atomic mass is 9.91. The number of aryl methyl sites for hydroxylation is 1. The van der Waals surface area contributed by atoms with Crippen LogP contribution in [-0.4, -0.2) is 240 Å². The van der Waals surface area contributed by atoms with Crippen LogP contribution in [0, 0.1) is 23.7 Å². The van der Waals surface area contributed by atoms with Crippen molar-refractivity contribution >= 4 is 82.5 Å². The summed E-state index contributed by atoms with van der Waals surface area (Å²) >= 11 is 6.23. The predicted octanol–water partition coefficient (Wildman–Crippen LogP) is 4.92. The number of likely N-dealkylation sites (N-methyl/N-ethyl adjacent to an activating group) is 7. The zero-order chi connectivity index (χ0) is 73.4. The Kier molecular flexibility index (Phi) is 29.5. The van der Waals surface area contributed by atoms with Crippen molar-refractivity contribution in [1.29, 1.82) is 0 Å². The van der Waals surface area contributed by atoms with Gasteiger partial charge in [-0.2, -0.15) is 13.2 Å². The number of nitrogens with one attached hydrogen (secondary N) is 4. The number of alkyl halides is 3. The molecule has 24 nitrogen and oxygen atoms in total. The number of nitrogens with zero attached hydrogens (tertiary/aromatic N) is 8. The second kappa shape index (κ2) is 35.8. The Hall–Kier alpha value is -7.84. The molecule has 2 saturated heterocycles. The van der Waals surface area contributed by atoms with E-state index in [1.165, 1.54) is 71.3 Å². The molecule has 12 amide bonds. The van der Waals surface area contributed by atoms with E-state index in [-0.39, 0.29) is 56.8 Å². The van der Waals surface area contributed by atoms with Gasteiger partial charge in [-0.25, -0.2) is 0 Å². The molecule has 3 aliphatic rings. The van der Waals surface area contributed by atoms with E-state index < -0.39 is 168 Å². The molecule has 1 saturated carbocycles. The highest BCUT2D eigenvalue weighted by molar-refractivity contribution is 6.30. The first kappa shape index (κ1) is 80.8. The van der Waals surface area contributed by atoms with Crippen molar-refractivity contribution < 1.29 is 70.7 Å². The minimum atomic E-state index is -4.64. The Morgan fingerprint density at radius 1 is 0.582 bits per heavy atom. The maximum atomic E-state index is 15.4. The summed E-state index contributed by atoms with van der Waals surface area (Å²) in [5.74, 6) is -10.2. The van der Waals surface area contributed by atoms with Gasteiger partial charge in [-0.3, -0.25) is 57.5 Å². The Balaban J connectivity index is 1.63. The Morgan fingerprint density at radius 3 is 1.66 bits per heavy atom. The summed E-state index contributed by atoms with van der Waals surface area (Å²) in [6.45, 7) is 13.1. The average Bonchev–Trinajstić information content (AvgIpc) is 1.49. The van der Waals surface area contributed by atoms with Gasteiger partial charge in [0.2, 0.25) is 70.9 Å². The SMILES string of the molecule is CC[C@H](C)[C@@H]1NC(=O)[C@H](C(C)C)N(C)C(=O)C[C@@H](C(=O)N2CCCC2)NC(=O)[C@H](CC(C)C)N(C)C(=O)C2(CCCC2)NC(=O)[C@@H](CC(C)C)N(C)C(=O)[C@H](CCc2ccc(C(F)(F)F)cc2)NC(=O)CN(C)C(=O)[C@H](Cc2ccc(Cl)cc2)N(C)C(=O)CN(C)C(=O)CN(C)C1=O. The minimum Gasteiger partial charge on any atom is -0.343 e. The van der Waals surface area contributed by atoms with E-state index in [1.54, 1.807) is 56.9 Å². The molecule has 3 fully saturated rings. The van der Waals surface area contributed by atoms with E-state index in [2.05, 4.69) is 21.3 Å². The van der Waals surface area contributed by atoms with Gasteiger partial charge in [0.05, 0.1) is 31.6 Å². The van der Waals surface area contributed by atoms with Gasteiger partial charge in [0.15, 0.2) is 0 Å². The second-order valence-electron chi connectivity index (χ2n) is 28.1. The fourth-order valence-corrected chi connectivity index (χ4v) is 13.1. The van der Waals surface area contributed by atoms with Gasteiger partial charge in [-0.15, -0.1) is 0 Å². The van der Waals surface area contributed by atoms with E-state index in [9.17, 15) is 51.5 Å². The number of hydrogen-bond acceptors (Lipinski definition) is 12. The van der Waals surface area contributed by atoms with Crippen LogP contribution in [0.15, 0.2) is 48.5 Å². The minimum absolute atomic E-state index is 0.0345. The van der Waals surface area contributed by atoms with Gasteiger partial charge in [-0.1, -0.05) is 111 Å². The highest BCUT2D eigenvalue weighted by Crippen LogP contribution is 2.34. The maximum Gasteiger partial charge on any atom is 0.416 e. The lowest BCUT2D eigenvalue weighted by Gasteiger charge is -2.39. The van der Waals surface area contributed by atoms with Crippen molar-refractivity contribution in [3.8, 4) is 0 Å². The van der Waals surface area contributed by atoms with Crippen molar-refractivity contribution in [3.05, 3.63) is 70.2 Å².